The summed E-state index contributed by atoms with van der Waals surface area (Å²) >= 11 is 0. The van der Waals surface area contributed by atoms with Crippen LogP contribution in [-0.2, 0) is 0 Å². The molecule has 0 spiro atoms. The van der Waals surface area contributed by atoms with E-state index in [0.29, 0.717) is 0 Å². The zero-order chi connectivity index (χ0) is 28.5. The van der Waals surface area contributed by atoms with E-state index in [2.05, 4.69) is 102 Å². The highest BCUT2D eigenvalue weighted by atomic mass is 14.2. The van der Waals surface area contributed by atoms with Gasteiger partial charge in [0.15, 0.2) is 0 Å². The second kappa shape index (κ2) is 26.0. The van der Waals surface area contributed by atoms with E-state index in [0.717, 1.165) is 11.8 Å². The minimum absolute atomic E-state index is 1.02. The highest BCUT2D eigenvalue weighted by molar-refractivity contribution is 5.83. The van der Waals surface area contributed by atoms with Crippen LogP contribution in [0.4, 0.5) is 0 Å². The van der Waals surface area contributed by atoms with Gasteiger partial charge in [-0.1, -0.05) is 178 Å². The molecule has 0 nitrogen and oxygen atoms in total. The van der Waals surface area contributed by atoms with Crippen LogP contribution < -0.4 is 0 Å². The second-order valence-corrected chi connectivity index (χ2v) is 8.87. The van der Waals surface area contributed by atoms with Crippen molar-refractivity contribution >= 4 is 10.8 Å². The van der Waals surface area contributed by atoms with Crippen molar-refractivity contribution in [1.82, 2.24) is 0 Å². The lowest BCUT2D eigenvalue weighted by atomic mass is 9.84. The first-order valence-electron chi connectivity index (χ1n) is 14.8. The fourth-order valence-corrected chi connectivity index (χ4v) is 3.55. The van der Waals surface area contributed by atoms with Gasteiger partial charge in [0.1, 0.15) is 0 Å². The number of fused-ring (bicyclic) bond motifs is 1. The Morgan fingerprint density at radius 1 is 0.389 bits per heavy atom. The molecule has 0 heteroatoms. The molecule has 0 amide bonds. The van der Waals surface area contributed by atoms with Crippen LogP contribution in [0.2, 0.25) is 0 Å². The van der Waals surface area contributed by atoms with Crippen molar-refractivity contribution in [3.05, 3.63) is 82.9 Å². The molecule has 4 rings (SSSR count). The topological polar surface area (TPSA) is 0 Å². The Balaban J connectivity index is -0.000000406. The number of benzene rings is 3. The predicted molar refractivity (Wildman–Crippen MR) is 172 cm³/mol. The molecule has 0 atom stereocenters. The smallest absolute Gasteiger partial charge is 0.0181 e. The van der Waals surface area contributed by atoms with Gasteiger partial charge in [0.05, 0.1) is 0 Å². The SMILES string of the molecule is CC.CC.CC.CC.CC1CCC(C)CC1.Cc1ccc(C)cc1.Cc1ccc2cc(C)ccc2c1. The highest BCUT2D eigenvalue weighted by Gasteiger charge is 2.13. The van der Waals surface area contributed by atoms with E-state index in [1.807, 2.05) is 55.4 Å². The van der Waals surface area contributed by atoms with Crippen LogP contribution in [0.5, 0.6) is 0 Å². The molecule has 0 heterocycles. The van der Waals surface area contributed by atoms with E-state index in [1.165, 1.54) is 58.7 Å². The van der Waals surface area contributed by atoms with Gasteiger partial charge in [-0.25, -0.2) is 0 Å². The molecule has 36 heavy (non-hydrogen) atoms. The lowest BCUT2D eigenvalue weighted by Gasteiger charge is -2.22. The lowest BCUT2D eigenvalue weighted by Crippen LogP contribution is -2.08. The Morgan fingerprint density at radius 3 is 0.861 bits per heavy atom. The van der Waals surface area contributed by atoms with Crippen LogP contribution in [0, 0.1) is 39.5 Å². The largest absolute Gasteiger partial charge is 0.0683 e. The Hall–Kier alpha value is -2.08. The number of rotatable bonds is 0. The first-order chi connectivity index (χ1) is 17.3. The summed E-state index contributed by atoms with van der Waals surface area (Å²) in [4.78, 5) is 0. The second-order valence-electron chi connectivity index (χ2n) is 8.87. The van der Waals surface area contributed by atoms with Crippen LogP contribution in [0.3, 0.4) is 0 Å². The molecule has 0 aromatic heterocycles. The summed E-state index contributed by atoms with van der Waals surface area (Å²) < 4.78 is 0. The Bertz CT molecular complexity index is 761. The number of hydrogen-bond donors (Lipinski definition) is 0. The summed E-state index contributed by atoms with van der Waals surface area (Å²) in [6.45, 7) is 29.2. The molecule has 1 saturated carbocycles. The summed E-state index contributed by atoms with van der Waals surface area (Å²) in [5.74, 6) is 2.04. The third-order valence-corrected chi connectivity index (χ3v) is 5.67. The maximum atomic E-state index is 2.37. The number of hydrogen-bond acceptors (Lipinski definition) is 0. The normalized spacial score (nSPS) is 15.1. The van der Waals surface area contributed by atoms with E-state index in [9.17, 15) is 0 Å². The third kappa shape index (κ3) is 19.1. The first kappa shape index (κ1) is 38.5. The summed E-state index contributed by atoms with van der Waals surface area (Å²) in [5, 5.41) is 2.67. The zero-order valence-corrected chi connectivity index (χ0v) is 26.8. The highest BCUT2D eigenvalue weighted by Crippen LogP contribution is 2.27. The van der Waals surface area contributed by atoms with Crippen molar-refractivity contribution in [3.8, 4) is 0 Å². The van der Waals surface area contributed by atoms with E-state index in [-0.39, 0.29) is 0 Å². The lowest BCUT2D eigenvalue weighted by molar-refractivity contribution is 0.308. The molecular weight excluding hydrogens is 432 g/mol. The Morgan fingerprint density at radius 2 is 0.611 bits per heavy atom. The van der Waals surface area contributed by atoms with E-state index >= 15 is 0 Å². The van der Waals surface area contributed by atoms with Crippen molar-refractivity contribution in [1.29, 1.82) is 0 Å². The Labute approximate surface area is 227 Å². The van der Waals surface area contributed by atoms with Gasteiger partial charge in [-0.05, 0) is 50.3 Å². The van der Waals surface area contributed by atoms with Crippen LogP contribution in [0.1, 0.15) is 117 Å². The Kier molecular flexibility index (Phi) is 27.8. The quantitative estimate of drug-likeness (QED) is 0.291. The van der Waals surface area contributed by atoms with E-state index in [4.69, 9.17) is 0 Å². The van der Waals surface area contributed by atoms with E-state index < -0.39 is 0 Å². The average Bonchev–Trinajstić information content (AvgIpc) is 2.93. The van der Waals surface area contributed by atoms with Gasteiger partial charge >= 0.3 is 0 Å². The maximum absolute atomic E-state index is 2.37. The predicted octanol–water partition coefficient (Wildman–Crippen LogP) is 12.7. The van der Waals surface area contributed by atoms with Crippen LogP contribution >= 0.6 is 0 Å². The van der Waals surface area contributed by atoms with Gasteiger partial charge in [-0.15, -0.1) is 0 Å². The first-order valence-corrected chi connectivity index (χ1v) is 14.8. The van der Waals surface area contributed by atoms with Gasteiger partial charge < -0.3 is 0 Å². The third-order valence-electron chi connectivity index (χ3n) is 5.67. The molecule has 3 aromatic carbocycles. The summed E-state index contributed by atoms with van der Waals surface area (Å²) in [5.41, 5.74) is 5.31. The summed E-state index contributed by atoms with van der Waals surface area (Å²) in [7, 11) is 0. The molecule has 0 aliphatic heterocycles. The molecule has 0 N–H and O–H groups in total. The molecule has 0 unspecified atom stereocenters. The van der Waals surface area contributed by atoms with Crippen molar-refractivity contribution in [3.63, 3.8) is 0 Å². The van der Waals surface area contributed by atoms with E-state index in [1.54, 1.807) is 0 Å². The molecule has 0 saturated heterocycles. The fraction of sp³-hybridized carbons (Fsp3) is 0.556. The molecular formula is C36H62. The van der Waals surface area contributed by atoms with Gasteiger partial charge in [0, 0.05) is 0 Å². The molecule has 0 radical (unpaired) electrons. The monoisotopic (exact) mass is 494 g/mol. The average molecular weight is 495 g/mol. The van der Waals surface area contributed by atoms with Crippen molar-refractivity contribution in [2.24, 2.45) is 11.8 Å². The van der Waals surface area contributed by atoms with Crippen LogP contribution in [-0.4, -0.2) is 0 Å². The van der Waals surface area contributed by atoms with Gasteiger partial charge in [-0.3, -0.25) is 0 Å². The molecule has 1 aliphatic rings. The number of aryl methyl sites for hydroxylation is 4. The van der Waals surface area contributed by atoms with Gasteiger partial charge in [0.2, 0.25) is 0 Å². The minimum atomic E-state index is 1.02. The summed E-state index contributed by atoms with van der Waals surface area (Å²) in [6, 6.07) is 21.6. The molecule has 0 bridgehead atoms. The maximum Gasteiger partial charge on any atom is -0.0181 e. The van der Waals surface area contributed by atoms with Crippen LogP contribution in [0.15, 0.2) is 60.7 Å². The van der Waals surface area contributed by atoms with Gasteiger partial charge in [0.25, 0.3) is 0 Å². The summed E-state index contributed by atoms with van der Waals surface area (Å²) in [6.07, 6.45) is 5.89. The molecule has 1 aliphatic carbocycles. The van der Waals surface area contributed by atoms with Crippen molar-refractivity contribution in [2.45, 2.75) is 123 Å². The molecule has 206 valence electrons. The van der Waals surface area contributed by atoms with Crippen molar-refractivity contribution < 1.29 is 0 Å². The van der Waals surface area contributed by atoms with Gasteiger partial charge in [-0.2, -0.15) is 0 Å². The molecule has 1 fully saturated rings. The zero-order valence-electron chi connectivity index (χ0n) is 26.8. The standard InChI is InChI=1S/C12H12.C8H16.C8H10.4C2H6/c1-9-3-5-12-8-10(2)4-6-11(12)7-9;2*1-7-3-5-8(2)6-4-7;4*1-2/h3-8H,1-2H3;7-8H,3-6H2,1-2H3;3-6H,1-2H3;4*1-2H3. The van der Waals surface area contributed by atoms with Crippen molar-refractivity contribution in [2.75, 3.05) is 0 Å². The molecule has 3 aromatic rings. The minimum Gasteiger partial charge on any atom is -0.0683 e. The fourth-order valence-electron chi connectivity index (χ4n) is 3.55. The van der Waals surface area contributed by atoms with Crippen LogP contribution in [0.25, 0.3) is 10.8 Å².